The van der Waals surface area contributed by atoms with Crippen molar-refractivity contribution in [2.24, 2.45) is 0 Å². The predicted octanol–water partition coefficient (Wildman–Crippen LogP) is 2.82. The van der Waals surface area contributed by atoms with Gasteiger partial charge in [0.2, 0.25) is 11.8 Å². The minimum atomic E-state index is 0.0943. The van der Waals surface area contributed by atoms with Crippen molar-refractivity contribution >= 4 is 23.2 Å². The lowest BCUT2D eigenvalue weighted by molar-refractivity contribution is -0.135. The third kappa shape index (κ3) is 5.60. The smallest absolute Gasteiger partial charge is 0.224 e. The molecule has 2 heterocycles. The Morgan fingerprint density at radius 3 is 2.92 bits per heavy atom. The van der Waals surface area contributed by atoms with Crippen molar-refractivity contribution in [1.82, 2.24) is 9.80 Å². The molecular formula is C18H28N2O3S. The van der Waals surface area contributed by atoms with E-state index < -0.39 is 0 Å². The van der Waals surface area contributed by atoms with Crippen molar-refractivity contribution < 1.29 is 14.3 Å². The second-order valence-corrected chi connectivity index (χ2v) is 7.28. The maximum atomic E-state index is 12.7. The second-order valence-electron chi connectivity index (χ2n) is 6.28. The van der Waals surface area contributed by atoms with E-state index >= 15 is 0 Å². The van der Waals surface area contributed by atoms with Gasteiger partial charge >= 0.3 is 0 Å². The molecule has 5 nitrogen and oxygen atoms in total. The number of rotatable bonds is 8. The summed E-state index contributed by atoms with van der Waals surface area (Å²) < 4.78 is 5.14. The highest BCUT2D eigenvalue weighted by Gasteiger charge is 2.20. The minimum absolute atomic E-state index is 0.0943. The van der Waals surface area contributed by atoms with Gasteiger partial charge in [0, 0.05) is 44.5 Å². The van der Waals surface area contributed by atoms with Crippen molar-refractivity contribution in [2.45, 2.75) is 45.6 Å². The fourth-order valence-electron chi connectivity index (χ4n) is 2.90. The van der Waals surface area contributed by atoms with Gasteiger partial charge in [-0.15, -0.1) is 11.3 Å². The molecule has 1 aliphatic heterocycles. The van der Waals surface area contributed by atoms with Gasteiger partial charge in [-0.05, 0) is 36.8 Å². The molecule has 0 atom stereocenters. The van der Waals surface area contributed by atoms with Gasteiger partial charge in [0.05, 0.1) is 13.2 Å². The van der Waals surface area contributed by atoms with Crippen molar-refractivity contribution in [2.75, 3.05) is 33.4 Å². The molecule has 0 bridgehead atoms. The van der Waals surface area contributed by atoms with Gasteiger partial charge in [-0.1, -0.05) is 6.42 Å². The number of methoxy groups -OCH3 is 1. The molecule has 0 spiro atoms. The van der Waals surface area contributed by atoms with Crippen LogP contribution in [0.25, 0.3) is 0 Å². The molecule has 0 aliphatic carbocycles. The summed E-state index contributed by atoms with van der Waals surface area (Å²) in [7, 11) is 1.65. The third-order valence-corrected chi connectivity index (χ3v) is 5.50. The van der Waals surface area contributed by atoms with Gasteiger partial charge in [-0.3, -0.25) is 9.59 Å². The van der Waals surface area contributed by atoms with E-state index in [1.807, 2.05) is 9.80 Å². The summed E-state index contributed by atoms with van der Waals surface area (Å²) in [6.45, 7) is 5.12. The number of carbonyl (C=O) groups is 2. The quantitative estimate of drug-likeness (QED) is 0.723. The Labute approximate surface area is 148 Å². The number of carbonyl (C=O) groups excluding carboxylic acids is 2. The van der Waals surface area contributed by atoms with E-state index in [1.54, 1.807) is 18.4 Å². The lowest BCUT2D eigenvalue weighted by Crippen LogP contribution is -2.38. The maximum Gasteiger partial charge on any atom is 0.224 e. The number of ether oxygens (including phenoxy) is 1. The monoisotopic (exact) mass is 352 g/mol. The van der Waals surface area contributed by atoms with Crippen LogP contribution >= 0.6 is 11.3 Å². The van der Waals surface area contributed by atoms with E-state index in [2.05, 4.69) is 18.4 Å². The first-order chi connectivity index (χ1) is 11.6. The Morgan fingerprint density at radius 1 is 1.38 bits per heavy atom. The Morgan fingerprint density at radius 2 is 2.21 bits per heavy atom. The van der Waals surface area contributed by atoms with Crippen LogP contribution < -0.4 is 0 Å². The number of aryl methyl sites for hydroxylation is 1. The zero-order valence-electron chi connectivity index (χ0n) is 14.8. The van der Waals surface area contributed by atoms with Gasteiger partial charge < -0.3 is 14.5 Å². The zero-order valence-corrected chi connectivity index (χ0v) is 15.6. The summed E-state index contributed by atoms with van der Waals surface area (Å²) in [6.07, 6.45) is 4.13. The predicted molar refractivity (Wildman–Crippen MR) is 96.0 cm³/mol. The molecule has 1 aliphatic rings. The van der Waals surface area contributed by atoms with E-state index in [0.29, 0.717) is 39.1 Å². The third-order valence-electron chi connectivity index (χ3n) is 4.49. The molecule has 24 heavy (non-hydrogen) atoms. The lowest BCUT2D eigenvalue weighted by Gasteiger charge is -2.25. The fraction of sp³-hybridized carbons (Fsp3) is 0.667. The molecule has 0 radical (unpaired) electrons. The van der Waals surface area contributed by atoms with Gasteiger partial charge in [-0.25, -0.2) is 0 Å². The van der Waals surface area contributed by atoms with E-state index in [1.165, 1.54) is 10.4 Å². The van der Waals surface area contributed by atoms with Gasteiger partial charge in [0.15, 0.2) is 0 Å². The first-order valence-corrected chi connectivity index (χ1v) is 9.57. The summed E-state index contributed by atoms with van der Waals surface area (Å²) in [5.41, 5.74) is 1.22. The molecule has 6 heteroatoms. The molecule has 1 fully saturated rings. The summed E-state index contributed by atoms with van der Waals surface area (Å²) in [4.78, 5) is 29.6. The highest BCUT2D eigenvalue weighted by molar-refractivity contribution is 7.10. The Bertz CT molecular complexity index is 544. The Kier molecular flexibility index (Phi) is 7.72. The average molecular weight is 353 g/mol. The topological polar surface area (TPSA) is 49.9 Å². The van der Waals surface area contributed by atoms with Crippen LogP contribution in [-0.4, -0.2) is 55.0 Å². The van der Waals surface area contributed by atoms with Gasteiger partial charge in [0.1, 0.15) is 0 Å². The summed E-state index contributed by atoms with van der Waals surface area (Å²) in [6, 6.07) is 2.08. The van der Waals surface area contributed by atoms with E-state index in [-0.39, 0.29) is 11.8 Å². The van der Waals surface area contributed by atoms with Crippen molar-refractivity contribution in [3.63, 3.8) is 0 Å². The second kappa shape index (κ2) is 9.79. The van der Waals surface area contributed by atoms with Crippen LogP contribution in [0.1, 0.15) is 42.5 Å². The van der Waals surface area contributed by atoms with E-state index in [9.17, 15) is 9.59 Å². The Balaban J connectivity index is 1.91. The van der Waals surface area contributed by atoms with Crippen LogP contribution in [0.3, 0.4) is 0 Å². The molecular weight excluding hydrogens is 324 g/mol. The van der Waals surface area contributed by atoms with Crippen molar-refractivity contribution in [1.29, 1.82) is 0 Å². The molecule has 0 aromatic carbocycles. The van der Waals surface area contributed by atoms with Crippen LogP contribution in [0.2, 0.25) is 0 Å². The number of amides is 2. The first kappa shape index (κ1) is 18.9. The van der Waals surface area contributed by atoms with E-state index in [0.717, 1.165) is 25.8 Å². The molecule has 0 saturated carbocycles. The Hall–Kier alpha value is -1.40. The summed E-state index contributed by atoms with van der Waals surface area (Å²) in [5.74, 6) is 0.287. The standard InChI is InChI=1S/C18H28N2O3S/c1-15-8-13-24-16(15)14-20(11-12-23-2)18(22)7-10-19-9-5-3-4-6-17(19)21/h8,13H,3-7,9-12,14H2,1-2H3. The molecule has 2 rings (SSSR count). The first-order valence-electron chi connectivity index (χ1n) is 8.69. The van der Waals surface area contributed by atoms with Crippen LogP contribution in [0, 0.1) is 6.92 Å². The summed E-state index contributed by atoms with van der Waals surface area (Å²) in [5, 5.41) is 2.06. The molecule has 2 amide bonds. The number of nitrogens with zero attached hydrogens (tertiary/aromatic N) is 2. The normalized spacial score (nSPS) is 15.4. The number of thiophene rings is 1. The fourth-order valence-corrected chi connectivity index (χ4v) is 3.82. The van der Waals surface area contributed by atoms with Crippen LogP contribution in [0.15, 0.2) is 11.4 Å². The lowest BCUT2D eigenvalue weighted by atomic mass is 10.2. The number of hydrogen-bond acceptors (Lipinski definition) is 4. The molecule has 0 unspecified atom stereocenters. The highest BCUT2D eigenvalue weighted by Crippen LogP contribution is 2.18. The number of hydrogen-bond donors (Lipinski definition) is 0. The molecule has 134 valence electrons. The molecule has 1 aromatic heterocycles. The molecule has 1 aromatic rings. The van der Waals surface area contributed by atoms with Crippen LogP contribution in [-0.2, 0) is 20.9 Å². The average Bonchev–Trinajstić information content (AvgIpc) is 2.86. The molecule has 0 N–H and O–H groups in total. The van der Waals surface area contributed by atoms with Crippen LogP contribution in [0.4, 0.5) is 0 Å². The minimum Gasteiger partial charge on any atom is -0.383 e. The van der Waals surface area contributed by atoms with Crippen LogP contribution in [0.5, 0.6) is 0 Å². The van der Waals surface area contributed by atoms with Gasteiger partial charge in [0.25, 0.3) is 0 Å². The van der Waals surface area contributed by atoms with Crippen molar-refractivity contribution in [3.8, 4) is 0 Å². The van der Waals surface area contributed by atoms with Gasteiger partial charge in [-0.2, -0.15) is 0 Å². The zero-order chi connectivity index (χ0) is 17.4. The summed E-state index contributed by atoms with van der Waals surface area (Å²) >= 11 is 1.68. The van der Waals surface area contributed by atoms with E-state index in [4.69, 9.17) is 4.74 Å². The molecule has 1 saturated heterocycles. The highest BCUT2D eigenvalue weighted by atomic mass is 32.1. The SMILES string of the molecule is COCCN(Cc1sccc1C)C(=O)CCN1CCCCCC1=O. The maximum absolute atomic E-state index is 12.7. The van der Waals surface area contributed by atoms with Crippen molar-refractivity contribution in [3.05, 3.63) is 21.9 Å². The largest absolute Gasteiger partial charge is 0.383 e. The number of likely N-dealkylation sites (tertiary alicyclic amines) is 1.